The number of rotatable bonds is 13. The van der Waals surface area contributed by atoms with Gasteiger partial charge in [-0.05, 0) is 55.2 Å². The van der Waals surface area contributed by atoms with E-state index >= 15 is 0 Å². The van der Waals surface area contributed by atoms with Crippen LogP contribution in [0, 0.1) is 11.8 Å². The fourth-order valence-electron chi connectivity index (χ4n) is 4.39. The van der Waals surface area contributed by atoms with Crippen LogP contribution in [0.4, 0.5) is 0 Å². The standard InChI is InChI=1S/C25H42O/c1-3-5-7-10-22-13-15-24(16-14-22)12-9-21-26-25-19-17-23(18-20-25)11-8-6-4-2/h17-20,22,24H,3-16,21H2,1-2H3. The van der Waals surface area contributed by atoms with Crippen molar-refractivity contribution in [2.45, 2.75) is 104 Å². The highest BCUT2D eigenvalue weighted by molar-refractivity contribution is 5.27. The number of ether oxygens (including phenoxy) is 1. The van der Waals surface area contributed by atoms with E-state index in [0.717, 1.165) is 24.2 Å². The van der Waals surface area contributed by atoms with E-state index in [1.54, 1.807) is 0 Å². The number of hydrogen-bond donors (Lipinski definition) is 0. The third-order valence-corrected chi connectivity index (χ3v) is 6.20. The van der Waals surface area contributed by atoms with Crippen molar-refractivity contribution in [3.8, 4) is 5.75 Å². The maximum absolute atomic E-state index is 5.96. The third kappa shape index (κ3) is 8.60. The smallest absolute Gasteiger partial charge is 0.119 e. The summed E-state index contributed by atoms with van der Waals surface area (Å²) in [4.78, 5) is 0. The molecule has 0 bridgehead atoms. The largest absolute Gasteiger partial charge is 0.494 e. The molecule has 1 heteroatoms. The maximum atomic E-state index is 5.96. The molecule has 1 saturated carbocycles. The summed E-state index contributed by atoms with van der Waals surface area (Å²) in [7, 11) is 0. The van der Waals surface area contributed by atoms with Crippen LogP contribution in [0.2, 0.25) is 0 Å². The summed E-state index contributed by atoms with van der Waals surface area (Å²) in [6.45, 7) is 5.45. The zero-order valence-corrected chi connectivity index (χ0v) is 17.5. The zero-order chi connectivity index (χ0) is 18.5. The Hall–Kier alpha value is -0.980. The van der Waals surface area contributed by atoms with Crippen LogP contribution < -0.4 is 4.74 Å². The number of unbranched alkanes of at least 4 members (excludes halogenated alkanes) is 4. The lowest BCUT2D eigenvalue weighted by molar-refractivity contribution is 0.228. The fourth-order valence-corrected chi connectivity index (χ4v) is 4.39. The highest BCUT2D eigenvalue weighted by atomic mass is 16.5. The number of hydrogen-bond acceptors (Lipinski definition) is 1. The van der Waals surface area contributed by atoms with E-state index in [2.05, 4.69) is 38.1 Å². The van der Waals surface area contributed by atoms with Gasteiger partial charge in [-0.25, -0.2) is 0 Å². The van der Waals surface area contributed by atoms with Gasteiger partial charge < -0.3 is 4.74 Å². The van der Waals surface area contributed by atoms with Gasteiger partial charge in [0.15, 0.2) is 0 Å². The van der Waals surface area contributed by atoms with E-state index in [0.29, 0.717) is 0 Å². The van der Waals surface area contributed by atoms with Gasteiger partial charge in [-0.1, -0.05) is 90.2 Å². The van der Waals surface area contributed by atoms with Crippen LogP contribution in [-0.2, 0) is 6.42 Å². The second-order valence-corrected chi connectivity index (χ2v) is 8.47. The minimum Gasteiger partial charge on any atom is -0.494 e. The normalized spacial score (nSPS) is 20.2. The third-order valence-electron chi connectivity index (χ3n) is 6.20. The minimum absolute atomic E-state index is 0.881. The van der Waals surface area contributed by atoms with Crippen molar-refractivity contribution in [2.75, 3.05) is 6.61 Å². The molecule has 1 fully saturated rings. The molecule has 0 radical (unpaired) electrons. The first-order chi connectivity index (χ1) is 12.8. The molecule has 2 rings (SSSR count). The van der Waals surface area contributed by atoms with Crippen molar-refractivity contribution in [2.24, 2.45) is 11.8 Å². The lowest BCUT2D eigenvalue weighted by Gasteiger charge is -2.28. The second-order valence-electron chi connectivity index (χ2n) is 8.47. The molecule has 1 aliphatic carbocycles. The van der Waals surface area contributed by atoms with Crippen molar-refractivity contribution < 1.29 is 4.74 Å². The zero-order valence-electron chi connectivity index (χ0n) is 17.5. The molecule has 1 aromatic carbocycles. The Labute approximate surface area is 162 Å². The molecule has 1 aliphatic rings. The average Bonchev–Trinajstić information content (AvgIpc) is 2.68. The molecular formula is C25H42O. The van der Waals surface area contributed by atoms with Crippen LogP contribution >= 0.6 is 0 Å². The molecule has 0 unspecified atom stereocenters. The Kier molecular flexibility index (Phi) is 10.8. The van der Waals surface area contributed by atoms with Crippen molar-refractivity contribution in [1.82, 2.24) is 0 Å². The predicted octanol–water partition coefficient (Wildman–Crippen LogP) is 7.97. The molecule has 0 N–H and O–H groups in total. The van der Waals surface area contributed by atoms with Gasteiger partial charge >= 0.3 is 0 Å². The quantitative estimate of drug-likeness (QED) is 0.325. The summed E-state index contributed by atoms with van der Waals surface area (Å²) < 4.78 is 5.96. The average molecular weight is 359 g/mol. The van der Waals surface area contributed by atoms with E-state index in [1.807, 2.05) is 0 Å². The van der Waals surface area contributed by atoms with E-state index in [9.17, 15) is 0 Å². The lowest BCUT2D eigenvalue weighted by atomic mass is 9.78. The molecule has 1 nitrogen and oxygen atoms in total. The molecule has 1 aromatic rings. The van der Waals surface area contributed by atoms with Crippen LogP contribution in [-0.4, -0.2) is 6.61 Å². The van der Waals surface area contributed by atoms with Crippen LogP contribution in [0.25, 0.3) is 0 Å². The van der Waals surface area contributed by atoms with Gasteiger partial charge in [-0.2, -0.15) is 0 Å². The number of aryl methyl sites for hydroxylation is 1. The van der Waals surface area contributed by atoms with Crippen molar-refractivity contribution >= 4 is 0 Å². The fraction of sp³-hybridized carbons (Fsp3) is 0.760. The molecule has 0 spiro atoms. The SMILES string of the molecule is CCCCCc1ccc(OCCCC2CCC(CCCCC)CC2)cc1. The van der Waals surface area contributed by atoms with Crippen molar-refractivity contribution in [3.63, 3.8) is 0 Å². The highest BCUT2D eigenvalue weighted by Gasteiger charge is 2.20. The summed E-state index contributed by atoms with van der Waals surface area (Å²) in [5.74, 6) is 3.04. The Morgan fingerprint density at radius 1 is 0.731 bits per heavy atom. The van der Waals surface area contributed by atoms with Gasteiger partial charge in [0.2, 0.25) is 0 Å². The van der Waals surface area contributed by atoms with Crippen LogP contribution in [0.15, 0.2) is 24.3 Å². The van der Waals surface area contributed by atoms with Crippen molar-refractivity contribution in [3.05, 3.63) is 29.8 Å². The topological polar surface area (TPSA) is 9.23 Å². The van der Waals surface area contributed by atoms with Crippen LogP contribution in [0.5, 0.6) is 5.75 Å². The second kappa shape index (κ2) is 13.2. The first-order valence-corrected chi connectivity index (χ1v) is 11.5. The van der Waals surface area contributed by atoms with E-state index in [1.165, 1.54) is 95.5 Å². The summed E-state index contributed by atoms with van der Waals surface area (Å²) in [6, 6.07) is 8.79. The molecular weight excluding hydrogens is 316 g/mol. The molecule has 148 valence electrons. The molecule has 0 amide bonds. The van der Waals surface area contributed by atoms with Crippen molar-refractivity contribution in [1.29, 1.82) is 0 Å². The molecule has 0 heterocycles. The van der Waals surface area contributed by atoms with Crippen LogP contribution in [0.3, 0.4) is 0 Å². The molecule has 0 aliphatic heterocycles. The lowest BCUT2D eigenvalue weighted by Crippen LogP contribution is -2.15. The van der Waals surface area contributed by atoms with Crippen LogP contribution in [0.1, 0.15) is 103 Å². The summed E-state index contributed by atoms with van der Waals surface area (Å²) >= 11 is 0. The minimum atomic E-state index is 0.881. The summed E-state index contributed by atoms with van der Waals surface area (Å²) in [6.07, 6.45) is 19.3. The van der Waals surface area contributed by atoms with Gasteiger partial charge in [0.05, 0.1) is 6.61 Å². The Bertz CT molecular complexity index is 442. The summed E-state index contributed by atoms with van der Waals surface area (Å²) in [5, 5.41) is 0. The van der Waals surface area contributed by atoms with Gasteiger partial charge in [-0.15, -0.1) is 0 Å². The Balaban J connectivity index is 1.52. The molecule has 26 heavy (non-hydrogen) atoms. The van der Waals surface area contributed by atoms with E-state index in [-0.39, 0.29) is 0 Å². The maximum Gasteiger partial charge on any atom is 0.119 e. The van der Waals surface area contributed by atoms with Gasteiger partial charge in [0.1, 0.15) is 5.75 Å². The summed E-state index contributed by atoms with van der Waals surface area (Å²) in [5.41, 5.74) is 1.45. The van der Waals surface area contributed by atoms with Gasteiger partial charge in [0, 0.05) is 0 Å². The van der Waals surface area contributed by atoms with E-state index < -0.39 is 0 Å². The monoisotopic (exact) mass is 358 g/mol. The molecule has 0 aromatic heterocycles. The van der Waals surface area contributed by atoms with Gasteiger partial charge in [0.25, 0.3) is 0 Å². The Morgan fingerprint density at radius 2 is 1.31 bits per heavy atom. The first kappa shape index (κ1) is 21.3. The predicted molar refractivity (Wildman–Crippen MR) is 114 cm³/mol. The number of benzene rings is 1. The Morgan fingerprint density at radius 3 is 1.92 bits per heavy atom. The molecule has 0 saturated heterocycles. The molecule has 0 atom stereocenters. The van der Waals surface area contributed by atoms with Gasteiger partial charge in [-0.3, -0.25) is 0 Å². The highest BCUT2D eigenvalue weighted by Crippen LogP contribution is 2.34. The van der Waals surface area contributed by atoms with E-state index in [4.69, 9.17) is 4.74 Å². The first-order valence-electron chi connectivity index (χ1n) is 11.5.